The fourth-order valence-electron chi connectivity index (χ4n) is 2.58. The van der Waals surface area contributed by atoms with Crippen LogP contribution in [0.25, 0.3) is 0 Å². The molecular formula is C20H45N5O5. The average Bonchev–Trinajstić information content (AvgIpc) is 2.76. The van der Waals surface area contributed by atoms with Crippen LogP contribution in [0.3, 0.4) is 0 Å². The number of rotatable bonds is 0. The first-order chi connectivity index (χ1) is 15.0. The summed E-state index contributed by atoms with van der Waals surface area (Å²) >= 11 is 0. The normalized spacial score (nSPS) is 24.0. The van der Waals surface area contributed by atoms with E-state index in [1.165, 1.54) is 0 Å². The molecule has 0 bridgehead atoms. The van der Waals surface area contributed by atoms with Gasteiger partial charge in [0.2, 0.25) is 0 Å². The molecule has 1 rings (SSSR count). The summed E-state index contributed by atoms with van der Waals surface area (Å²) in [6.07, 6.45) is 0. The first-order valence-corrected chi connectivity index (χ1v) is 11.4. The van der Waals surface area contributed by atoms with Crippen molar-refractivity contribution in [3.05, 3.63) is 0 Å². The minimum atomic E-state index is 0.713. The van der Waals surface area contributed by atoms with Crippen LogP contribution in [0.5, 0.6) is 0 Å². The van der Waals surface area contributed by atoms with E-state index in [4.69, 9.17) is 23.7 Å². The first-order valence-electron chi connectivity index (χ1n) is 11.4. The maximum Gasteiger partial charge on any atom is 0.0591 e. The molecule has 0 unspecified atom stereocenters. The minimum absolute atomic E-state index is 0.713. The second kappa shape index (κ2) is 24.9. The van der Waals surface area contributed by atoms with Gasteiger partial charge in [-0.2, -0.15) is 0 Å². The Morgan fingerprint density at radius 1 is 0.233 bits per heavy atom. The summed E-state index contributed by atoms with van der Waals surface area (Å²) in [5.41, 5.74) is 0. The third-order valence-electron chi connectivity index (χ3n) is 4.23. The Morgan fingerprint density at radius 3 is 0.500 bits per heavy atom. The lowest BCUT2D eigenvalue weighted by molar-refractivity contribution is 0.109. The van der Waals surface area contributed by atoms with Crippen LogP contribution < -0.4 is 26.6 Å². The molecule has 0 aliphatic carbocycles. The second-order valence-electron chi connectivity index (χ2n) is 6.81. The topological polar surface area (TPSA) is 106 Å². The summed E-state index contributed by atoms with van der Waals surface area (Å²) in [5.74, 6) is 0. The first kappa shape index (κ1) is 27.6. The molecule has 1 aliphatic heterocycles. The Balaban J connectivity index is 2.00. The van der Waals surface area contributed by atoms with Crippen molar-refractivity contribution in [3.8, 4) is 0 Å². The zero-order valence-corrected chi connectivity index (χ0v) is 18.7. The lowest BCUT2D eigenvalue weighted by Gasteiger charge is -2.10. The standard InChI is InChI=1S/C20H45N5O5/c1-11-26-13-3-22-5-15-28-17-7-24-9-19-30-20-10-25-8-18-29-16-6-23-4-14-27-12-2-21-1/h21-25H,1-20H2. The van der Waals surface area contributed by atoms with Gasteiger partial charge in [0.1, 0.15) is 0 Å². The van der Waals surface area contributed by atoms with Gasteiger partial charge in [-0.15, -0.1) is 0 Å². The van der Waals surface area contributed by atoms with Gasteiger partial charge < -0.3 is 50.3 Å². The minimum Gasteiger partial charge on any atom is -0.379 e. The Bertz CT molecular complexity index is 185. The van der Waals surface area contributed by atoms with Crippen LogP contribution in [0.2, 0.25) is 0 Å². The van der Waals surface area contributed by atoms with E-state index in [9.17, 15) is 0 Å². The van der Waals surface area contributed by atoms with Gasteiger partial charge in [-0.05, 0) is 0 Å². The van der Waals surface area contributed by atoms with Crippen LogP contribution >= 0.6 is 0 Å². The maximum atomic E-state index is 5.58. The van der Waals surface area contributed by atoms with E-state index >= 15 is 0 Å². The fraction of sp³-hybridized carbons (Fsp3) is 1.00. The van der Waals surface area contributed by atoms with Crippen LogP contribution in [-0.2, 0) is 23.7 Å². The summed E-state index contributed by atoms with van der Waals surface area (Å²) < 4.78 is 27.9. The molecule has 0 radical (unpaired) electrons. The Kier molecular flexibility index (Phi) is 22.9. The molecule has 30 heavy (non-hydrogen) atoms. The van der Waals surface area contributed by atoms with E-state index in [1.54, 1.807) is 0 Å². The molecule has 180 valence electrons. The smallest absolute Gasteiger partial charge is 0.0591 e. The predicted molar refractivity (Wildman–Crippen MR) is 118 cm³/mol. The van der Waals surface area contributed by atoms with Gasteiger partial charge in [0.05, 0.1) is 66.1 Å². The van der Waals surface area contributed by atoms with Gasteiger partial charge >= 0.3 is 0 Å². The van der Waals surface area contributed by atoms with Crippen LogP contribution in [0.1, 0.15) is 0 Å². The molecule has 0 spiro atoms. The number of nitrogens with one attached hydrogen (secondary N) is 5. The Hall–Kier alpha value is -0.400. The van der Waals surface area contributed by atoms with E-state index in [-0.39, 0.29) is 0 Å². The van der Waals surface area contributed by atoms with E-state index in [0.717, 1.165) is 65.4 Å². The quantitative estimate of drug-likeness (QED) is 0.294. The molecule has 0 saturated carbocycles. The Labute approximate surface area is 182 Å². The van der Waals surface area contributed by atoms with Gasteiger partial charge in [-0.3, -0.25) is 0 Å². The molecule has 0 atom stereocenters. The van der Waals surface area contributed by atoms with E-state index in [2.05, 4.69) is 26.6 Å². The SMILES string of the molecule is C1COCCNCCOCCNCCOCCNCCOCCNCCOCCN1. The molecular weight excluding hydrogens is 390 g/mol. The molecule has 5 N–H and O–H groups in total. The molecule has 10 nitrogen and oxygen atoms in total. The van der Waals surface area contributed by atoms with Crippen LogP contribution in [-0.4, -0.2) is 132 Å². The van der Waals surface area contributed by atoms with Gasteiger partial charge in [0.15, 0.2) is 0 Å². The lowest BCUT2D eigenvalue weighted by atomic mass is 10.5. The Morgan fingerprint density at radius 2 is 0.367 bits per heavy atom. The zero-order chi connectivity index (χ0) is 21.2. The van der Waals surface area contributed by atoms with E-state index in [0.29, 0.717) is 66.1 Å². The van der Waals surface area contributed by atoms with Gasteiger partial charge in [-0.25, -0.2) is 0 Å². The molecule has 1 aliphatic rings. The van der Waals surface area contributed by atoms with Gasteiger partial charge in [0, 0.05) is 65.4 Å². The van der Waals surface area contributed by atoms with Crippen molar-refractivity contribution in [2.24, 2.45) is 0 Å². The molecule has 0 aromatic heterocycles. The van der Waals surface area contributed by atoms with Crippen molar-refractivity contribution in [1.29, 1.82) is 0 Å². The van der Waals surface area contributed by atoms with Crippen molar-refractivity contribution in [2.45, 2.75) is 0 Å². The summed E-state index contributed by atoms with van der Waals surface area (Å²) in [7, 11) is 0. The van der Waals surface area contributed by atoms with Crippen LogP contribution in [0.4, 0.5) is 0 Å². The van der Waals surface area contributed by atoms with Crippen molar-refractivity contribution in [2.75, 3.05) is 132 Å². The largest absolute Gasteiger partial charge is 0.379 e. The molecule has 1 fully saturated rings. The van der Waals surface area contributed by atoms with Gasteiger partial charge in [-0.1, -0.05) is 0 Å². The monoisotopic (exact) mass is 435 g/mol. The highest BCUT2D eigenvalue weighted by Crippen LogP contribution is 1.79. The summed E-state index contributed by atoms with van der Waals surface area (Å²) in [5, 5.41) is 16.6. The third-order valence-corrected chi connectivity index (χ3v) is 4.23. The van der Waals surface area contributed by atoms with Crippen LogP contribution in [0.15, 0.2) is 0 Å². The van der Waals surface area contributed by atoms with Gasteiger partial charge in [0.25, 0.3) is 0 Å². The average molecular weight is 436 g/mol. The number of hydrogen-bond acceptors (Lipinski definition) is 10. The second-order valence-corrected chi connectivity index (χ2v) is 6.81. The number of ether oxygens (including phenoxy) is 5. The molecule has 10 heteroatoms. The summed E-state index contributed by atoms with van der Waals surface area (Å²) in [4.78, 5) is 0. The van der Waals surface area contributed by atoms with Crippen LogP contribution in [0, 0.1) is 0 Å². The highest BCUT2D eigenvalue weighted by Gasteiger charge is 1.95. The van der Waals surface area contributed by atoms with E-state index < -0.39 is 0 Å². The maximum absolute atomic E-state index is 5.58. The third kappa shape index (κ3) is 22.3. The zero-order valence-electron chi connectivity index (χ0n) is 18.7. The molecule has 0 aromatic carbocycles. The lowest BCUT2D eigenvalue weighted by Crippen LogP contribution is -2.30. The van der Waals surface area contributed by atoms with Crippen molar-refractivity contribution in [3.63, 3.8) is 0 Å². The number of hydrogen-bond donors (Lipinski definition) is 5. The van der Waals surface area contributed by atoms with Crippen molar-refractivity contribution < 1.29 is 23.7 Å². The predicted octanol–water partition coefficient (Wildman–Crippen LogP) is -1.97. The summed E-state index contributed by atoms with van der Waals surface area (Å²) in [6.45, 7) is 15.6. The molecule has 1 saturated heterocycles. The van der Waals surface area contributed by atoms with E-state index in [1.807, 2.05) is 0 Å². The summed E-state index contributed by atoms with van der Waals surface area (Å²) in [6, 6.07) is 0. The molecule has 1 heterocycles. The highest BCUT2D eigenvalue weighted by atomic mass is 16.5. The molecule has 0 amide bonds. The van der Waals surface area contributed by atoms with Crippen molar-refractivity contribution >= 4 is 0 Å². The van der Waals surface area contributed by atoms with Crippen molar-refractivity contribution in [1.82, 2.24) is 26.6 Å². The molecule has 0 aromatic rings. The highest BCUT2D eigenvalue weighted by molar-refractivity contribution is 4.51. The fourth-order valence-corrected chi connectivity index (χ4v) is 2.58.